The Morgan fingerprint density at radius 2 is 1.81 bits per heavy atom. The lowest BCUT2D eigenvalue weighted by atomic mass is 10.1. The monoisotopic (exact) mass is 470 g/mol. The molecule has 7 nitrogen and oxygen atoms in total. The van der Waals surface area contributed by atoms with Crippen molar-refractivity contribution < 1.29 is 14.4 Å². The van der Waals surface area contributed by atoms with Crippen LogP contribution in [0.3, 0.4) is 0 Å². The Balaban J connectivity index is 1.45. The van der Waals surface area contributed by atoms with E-state index in [-0.39, 0.29) is 24.1 Å². The number of nitrogens with one attached hydrogen (secondary N) is 1. The molecule has 32 heavy (non-hydrogen) atoms. The van der Waals surface area contributed by atoms with Crippen molar-refractivity contribution in [2.24, 2.45) is 0 Å². The summed E-state index contributed by atoms with van der Waals surface area (Å²) in [6.07, 6.45) is 1.43. The molecule has 1 atom stereocenters. The van der Waals surface area contributed by atoms with E-state index in [9.17, 15) is 14.4 Å². The topological polar surface area (TPSA) is 73.0 Å². The molecule has 0 aromatic heterocycles. The molecule has 0 bridgehead atoms. The molecule has 2 saturated heterocycles. The number of thiocarbonyl (C=S) groups is 1. The summed E-state index contributed by atoms with van der Waals surface area (Å²) in [4.78, 5) is 42.3. The van der Waals surface area contributed by atoms with Crippen molar-refractivity contribution in [1.29, 1.82) is 0 Å². The number of carbonyl (C=O) groups excluding carboxylic acids is 3. The van der Waals surface area contributed by atoms with Gasteiger partial charge in [0.2, 0.25) is 11.8 Å². The van der Waals surface area contributed by atoms with Crippen LogP contribution in [0.5, 0.6) is 0 Å². The second kappa shape index (κ2) is 9.26. The highest BCUT2D eigenvalue weighted by molar-refractivity contribution is 7.80. The van der Waals surface area contributed by atoms with E-state index in [0.717, 1.165) is 24.2 Å². The number of anilines is 2. The molecule has 0 aliphatic carbocycles. The van der Waals surface area contributed by atoms with Gasteiger partial charge in [-0.3, -0.25) is 19.3 Å². The fourth-order valence-corrected chi connectivity index (χ4v) is 4.38. The van der Waals surface area contributed by atoms with Gasteiger partial charge in [0.05, 0.1) is 6.42 Å². The molecule has 2 heterocycles. The largest absolute Gasteiger partial charge is 0.332 e. The molecule has 9 heteroatoms. The molecular weight excluding hydrogens is 448 g/mol. The number of carbonyl (C=O) groups is 3. The Morgan fingerprint density at radius 1 is 1.12 bits per heavy atom. The van der Waals surface area contributed by atoms with Gasteiger partial charge in [0.25, 0.3) is 5.91 Å². The third kappa shape index (κ3) is 4.61. The van der Waals surface area contributed by atoms with Crippen LogP contribution in [-0.4, -0.2) is 52.3 Å². The predicted molar refractivity (Wildman–Crippen MR) is 127 cm³/mol. The first kappa shape index (κ1) is 22.2. The summed E-state index contributed by atoms with van der Waals surface area (Å²) in [7, 11) is 1.62. The maximum Gasteiger partial charge on any atom is 0.251 e. The zero-order valence-electron chi connectivity index (χ0n) is 17.6. The van der Waals surface area contributed by atoms with Gasteiger partial charge in [0.15, 0.2) is 5.11 Å². The van der Waals surface area contributed by atoms with Crippen LogP contribution in [0.4, 0.5) is 11.4 Å². The number of hydrogen-bond donors (Lipinski definition) is 1. The van der Waals surface area contributed by atoms with Crippen molar-refractivity contribution in [3.8, 4) is 0 Å². The number of likely N-dealkylation sites (N-methyl/N-ethyl adjacent to an activating group) is 1. The fourth-order valence-electron chi connectivity index (χ4n) is 3.97. The van der Waals surface area contributed by atoms with Crippen molar-refractivity contribution >= 4 is 58.0 Å². The van der Waals surface area contributed by atoms with Crippen molar-refractivity contribution in [1.82, 2.24) is 9.80 Å². The summed E-state index contributed by atoms with van der Waals surface area (Å²) in [5.74, 6) is -0.352. The highest BCUT2D eigenvalue weighted by Crippen LogP contribution is 2.25. The number of rotatable bonds is 6. The minimum atomic E-state index is -0.681. The molecule has 2 aliphatic rings. The van der Waals surface area contributed by atoms with Crippen LogP contribution in [-0.2, 0) is 20.9 Å². The van der Waals surface area contributed by atoms with Gasteiger partial charge in [-0.1, -0.05) is 23.7 Å². The predicted octanol–water partition coefficient (Wildman–Crippen LogP) is 3.42. The van der Waals surface area contributed by atoms with Crippen LogP contribution in [0.1, 0.15) is 24.8 Å². The smallest absolute Gasteiger partial charge is 0.251 e. The van der Waals surface area contributed by atoms with Gasteiger partial charge in [-0.05, 0) is 60.6 Å². The first-order valence-electron chi connectivity index (χ1n) is 10.4. The first-order chi connectivity index (χ1) is 15.3. The molecule has 2 aliphatic heterocycles. The standard InChI is InChI=1S/C23H23ClN4O3S/c1-26-22(31)19(13-20(29)25-17-8-6-16(24)7-9-17)28(23(26)32)14-15-4-10-18(11-5-15)27-12-2-3-21(27)30/h4-11,19H,2-3,12-14H2,1H3,(H,25,29)/t19-/m1/s1. The molecule has 1 N–H and O–H groups in total. The SMILES string of the molecule is CN1C(=O)[C@@H](CC(=O)Nc2ccc(Cl)cc2)N(Cc2ccc(N3CCCC3=O)cc2)C1=S. The summed E-state index contributed by atoms with van der Waals surface area (Å²) >= 11 is 11.4. The summed E-state index contributed by atoms with van der Waals surface area (Å²) in [5, 5.41) is 3.76. The van der Waals surface area contributed by atoms with Crippen LogP contribution in [0.15, 0.2) is 48.5 Å². The number of amides is 3. The second-order valence-corrected chi connectivity index (χ2v) is 8.70. The highest BCUT2D eigenvalue weighted by atomic mass is 35.5. The summed E-state index contributed by atoms with van der Waals surface area (Å²) in [5.41, 5.74) is 2.42. The third-order valence-electron chi connectivity index (χ3n) is 5.71. The molecule has 2 aromatic carbocycles. The maximum atomic E-state index is 12.8. The van der Waals surface area contributed by atoms with Crippen LogP contribution >= 0.6 is 23.8 Å². The van der Waals surface area contributed by atoms with Crippen molar-refractivity contribution in [2.75, 3.05) is 23.8 Å². The van der Waals surface area contributed by atoms with E-state index in [0.29, 0.717) is 28.8 Å². The number of nitrogens with zero attached hydrogens (tertiary/aromatic N) is 3. The van der Waals surface area contributed by atoms with Gasteiger partial charge >= 0.3 is 0 Å². The third-order valence-corrected chi connectivity index (χ3v) is 6.47. The van der Waals surface area contributed by atoms with E-state index in [4.69, 9.17) is 23.8 Å². The van der Waals surface area contributed by atoms with Gasteiger partial charge in [-0.2, -0.15) is 0 Å². The Hall–Kier alpha value is -2.97. The van der Waals surface area contributed by atoms with Gasteiger partial charge in [0.1, 0.15) is 6.04 Å². The number of halogens is 1. The van der Waals surface area contributed by atoms with E-state index >= 15 is 0 Å². The van der Waals surface area contributed by atoms with Crippen molar-refractivity contribution in [2.45, 2.75) is 31.8 Å². The lowest BCUT2D eigenvalue weighted by molar-refractivity contribution is -0.130. The van der Waals surface area contributed by atoms with Gasteiger partial charge in [0, 0.05) is 43.0 Å². The zero-order chi connectivity index (χ0) is 22.8. The quantitative estimate of drug-likeness (QED) is 0.655. The molecule has 0 spiro atoms. The van der Waals surface area contributed by atoms with Crippen LogP contribution in [0, 0.1) is 0 Å². The average Bonchev–Trinajstić information content (AvgIpc) is 3.29. The second-order valence-electron chi connectivity index (χ2n) is 7.90. The van der Waals surface area contributed by atoms with Crippen LogP contribution in [0.2, 0.25) is 5.02 Å². The molecule has 2 aromatic rings. The van der Waals surface area contributed by atoms with E-state index in [1.165, 1.54) is 4.90 Å². The molecule has 0 radical (unpaired) electrons. The Labute approximate surface area is 196 Å². The normalized spacial score (nSPS) is 18.6. The molecular formula is C23H23ClN4O3S. The van der Waals surface area contributed by atoms with E-state index in [2.05, 4.69) is 5.32 Å². The highest BCUT2D eigenvalue weighted by Gasteiger charge is 2.41. The molecule has 2 fully saturated rings. The summed E-state index contributed by atoms with van der Waals surface area (Å²) < 4.78 is 0. The average molecular weight is 471 g/mol. The van der Waals surface area contributed by atoms with Gasteiger partial charge < -0.3 is 15.1 Å². The number of benzene rings is 2. The molecule has 0 unspecified atom stereocenters. The summed E-state index contributed by atoms with van der Waals surface area (Å²) in [6.45, 7) is 1.13. The van der Waals surface area contributed by atoms with Crippen molar-refractivity contribution in [3.05, 3.63) is 59.1 Å². The first-order valence-corrected chi connectivity index (χ1v) is 11.1. The maximum absolute atomic E-state index is 12.8. The van der Waals surface area contributed by atoms with Gasteiger partial charge in [-0.25, -0.2) is 0 Å². The summed E-state index contributed by atoms with van der Waals surface area (Å²) in [6, 6.07) is 13.8. The molecule has 3 amide bonds. The molecule has 0 saturated carbocycles. The molecule has 166 valence electrons. The number of hydrogen-bond acceptors (Lipinski definition) is 4. The Bertz CT molecular complexity index is 1060. The van der Waals surface area contributed by atoms with E-state index in [1.54, 1.807) is 41.1 Å². The minimum Gasteiger partial charge on any atom is -0.332 e. The van der Waals surface area contributed by atoms with Gasteiger partial charge in [-0.15, -0.1) is 0 Å². The van der Waals surface area contributed by atoms with E-state index in [1.807, 2.05) is 24.3 Å². The Morgan fingerprint density at radius 3 is 2.44 bits per heavy atom. The minimum absolute atomic E-state index is 0.0215. The van der Waals surface area contributed by atoms with Crippen molar-refractivity contribution in [3.63, 3.8) is 0 Å². The zero-order valence-corrected chi connectivity index (χ0v) is 19.2. The lowest BCUT2D eigenvalue weighted by Gasteiger charge is -2.24. The van der Waals surface area contributed by atoms with Crippen LogP contribution in [0.25, 0.3) is 0 Å². The fraction of sp³-hybridized carbons (Fsp3) is 0.304. The lowest BCUT2D eigenvalue weighted by Crippen LogP contribution is -2.37. The Kier molecular flexibility index (Phi) is 6.43. The molecule has 4 rings (SSSR count). The van der Waals surface area contributed by atoms with E-state index < -0.39 is 6.04 Å². The van der Waals surface area contributed by atoms with Crippen LogP contribution < -0.4 is 10.2 Å².